The van der Waals surface area contributed by atoms with Gasteiger partial charge in [-0.1, -0.05) is 19.9 Å². The summed E-state index contributed by atoms with van der Waals surface area (Å²) in [5.41, 5.74) is -0.200. The highest BCUT2D eigenvalue weighted by molar-refractivity contribution is 5.95. The Kier molecular flexibility index (Phi) is 2.46. The van der Waals surface area contributed by atoms with Gasteiger partial charge in [0.2, 0.25) is 0 Å². The van der Waals surface area contributed by atoms with Crippen LogP contribution in [0.25, 0.3) is 0 Å². The first-order valence-corrected chi connectivity index (χ1v) is 6.57. The fraction of sp³-hybridized carbons (Fsp3) is 0.786. The molecule has 1 heterocycles. The molecule has 94 valence electrons. The molecule has 1 saturated heterocycles. The summed E-state index contributed by atoms with van der Waals surface area (Å²) in [7, 11) is 0. The molecule has 3 atom stereocenters. The molecule has 0 aromatic rings. The van der Waals surface area contributed by atoms with Gasteiger partial charge in [0, 0.05) is 17.8 Å². The van der Waals surface area contributed by atoms with Gasteiger partial charge in [0.05, 0.1) is 13.2 Å². The molecule has 17 heavy (non-hydrogen) atoms. The minimum atomic E-state index is -0.407. The molecule has 2 unspecified atom stereocenters. The number of hydrogen-bond acceptors (Lipinski definition) is 3. The molecule has 2 aliphatic carbocycles. The standard InChI is InChI=1S/C14H20O3/c1-10-11-4-3-5-12(15)13(11,2)6-7-14(10)16-8-9-17-14/h3,5,10-11H,4,6-9H2,1-2H3/t10?,11?,13-/m0/s1. The molecule has 0 bridgehead atoms. The van der Waals surface area contributed by atoms with Gasteiger partial charge in [0.25, 0.3) is 0 Å². The molecule has 1 spiro atoms. The Hall–Kier alpha value is -0.670. The molecule has 0 aromatic carbocycles. The van der Waals surface area contributed by atoms with Gasteiger partial charge in [-0.3, -0.25) is 4.79 Å². The lowest BCUT2D eigenvalue weighted by molar-refractivity contribution is -0.239. The van der Waals surface area contributed by atoms with Gasteiger partial charge in [-0.15, -0.1) is 0 Å². The fourth-order valence-electron chi connectivity index (χ4n) is 3.87. The zero-order valence-corrected chi connectivity index (χ0v) is 10.6. The van der Waals surface area contributed by atoms with Crippen molar-refractivity contribution in [2.75, 3.05) is 13.2 Å². The van der Waals surface area contributed by atoms with Gasteiger partial charge < -0.3 is 9.47 Å². The van der Waals surface area contributed by atoms with Crippen molar-refractivity contribution in [2.24, 2.45) is 17.3 Å². The van der Waals surface area contributed by atoms with Crippen molar-refractivity contribution in [1.29, 1.82) is 0 Å². The first-order chi connectivity index (χ1) is 8.08. The Bertz CT molecular complexity index is 368. The van der Waals surface area contributed by atoms with Crippen LogP contribution in [0.5, 0.6) is 0 Å². The molecule has 3 aliphatic rings. The number of carbonyl (C=O) groups excluding carboxylic acids is 1. The third-order valence-electron chi connectivity index (χ3n) is 5.11. The predicted octanol–water partition coefficient (Wildman–Crippen LogP) is 2.31. The second-order valence-corrected chi connectivity index (χ2v) is 5.82. The van der Waals surface area contributed by atoms with Gasteiger partial charge in [-0.25, -0.2) is 0 Å². The van der Waals surface area contributed by atoms with Crippen LogP contribution in [0.1, 0.15) is 33.1 Å². The maximum atomic E-state index is 12.1. The summed E-state index contributed by atoms with van der Waals surface area (Å²) >= 11 is 0. The lowest BCUT2D eigenvalue weighted by atomic mass is 9.56. The van der Waals surface area contributed by atoms with E-state index < -0.39 is 5.79 Å². The van der Waals surface area contributed by atoms with E-state index in [4.69, 9.17) is 9.47 Å². The Morgan fingerprint density at radius 1 is 1.29 bits per heavy atom. The highest BCUT2D eigenvalue weighted by Gasteiger charge is 2.57. The van der Waals surface area contributed by atoms with Crippen LogP contribution in [0.15, 0.2) is 12.2 Å². The Labute approximate surface area is 102 Å². The molecule has 3 nitrogen and oxygen atoms in total. The smallest absolute Gasteiger partial charge is 0.171 e. The topological polar surface area (TPSA) is 35.5 Å². The monoisotopic (exact) mass is 236 g/mol. The molecular formula is C14H20O3. The lowest BCUT2D eigenvalue weighted by Gasteiger charge is -2.51. The largest absolute Gasteiger partial charge is 0.347 e. The summed E-state index contributed by atoms with van der Waals surface area (Å²) in [6.07, 6.45) is 6.47. The first-order valence-electron chi connectivity index (χ1n) is 6.57. The number of hydrogen-bond donors (Lipinski definition) is 0. The first kappa shape index (κ1) is 11.4. The molecule has 2 fully saturated rings. The van der Waals surface area contributed by atoms with E-state index in [-0.39, 0.29) is 17.1 Å². The Balaban J connectivity index is 1.94. The average molecular weight is 236 g/mol. The van der Waals surface area contributed by atoms with E-state index in [1.807, 2.05) is 6.08 Å². The highest BCUT2D eigenvalue weighted by Crippen LogP contribution is 2.54. The van der Waals surface area contributed by atoms with Crippen molar-refractivity contribution in [3.8, 4) is 0 Å². The van der Waals surface area contributed by atoms with Crippen LogP contribution in [0, 0.1) is 17.3 Å². The van der Waals surface area contributed by atoms with Crippen LogP contribution < -0.4 is 0 Å². The van der Waals surface area contributed by atoms with Gasteiger partial charge in [-0.05, 0) is 24.8 Å². The van der Waals surface area contributed by atoms with E-state index >= 15 is 0 Å². The number of ether oxygens (including phenoxy) is 2. The van der Waals surface area contributed by atoms with E-state index in [9.17, 15) is 4.79 Å². The van der Waals surface area contributed by atoms with Crippen LogP contribution in [-0.4, -0.2) is 24.8 Å². The molecule has 3 rings (SSSR count). The second-order valence-electron chi connectivity index (χ2n) is 5.82. The Morgan fingerprint density at radius 3 is 2.71 bits per heavy atom. The minimum Gasteiger partial charge on any atom is -0.347 e. The van der Waals surface area contributed by atoms with E-state index in [0.29, 0.717) is 19.1 Å². The number of ketones is 1. The van der Waals surface area contributed by atoms with Crippen LogP contribution in [-0.2, 0) is 14.3 Å². The number of allylic oxidation sites excluding steroid dienone is 2. The van der Waals surface area contributed by atoms with Crippen molar-refractivity contribution in [3.63, 3.8) is 0 Å². The third-order valence-corrected chi connectivity index (χ3v) is 5.11. The molecule has 3 heteroatoms. The van der Waals surface area contributed by atoms with Crippen molar-refractivity contribution >= 4 is 5.78 Å². The van der Waals surface area contributed by atoms with E-state index in [2.05, 4.69) is 13.8 Å². The van der Waals surface area contributed by atoms with Crippen molar-refractivity contribution < 1.29 is 14.3 Å². The van der Waals surface area contributed by atoms with Gasteiger partial charge in [0.1, 0.15) is 0 Å². The zero-order valence-electron chi connectivity index (χ0n) is 10.6. The van der Waals surface area contributed by atoms with Crippen LogP contribution >= 0.6 is 0 Å². The normalized spacial score (nSPS) is 44.0. The number of carbonyl (C=O) groups is 1. The molecular weight excluding hydrogens is 216 g/mol. The van der Waals surface area contributed by atoms with Crippen molar-refractivity contribution in [1.82, 2.24) is 0 Å². The summed E-state index contributed by atoms with van der Waals surface area (Å²) in [6, 6.07) is 0. The fourth-order valence-corrected chi connectivity index (χ4v) is 3.87. The second kappa shape index (κ2) is 3.66. The summed E-state index contributed by atoms with van der Waals surface area (Å²) in [5, 5.41) is 0. The predicted molar refractivity (Wildman–Crippen MR) is 63.4 cm³/mol. The molecule has 0 aromatic heterocycles. The van der Waals surface area contributed by atoms with Crippen LogP contribution in [0.4, 0.5) is 0 Å². The molecule has 0 radical (unpaired) electrons. The minimum absolute atomic E-state index is 0.200. The summed E-state index contributed by atoms with van der Waals surface area (Å²) < 4.78 is 11.7. The van der Waals surface area contributed by atoms with Crippen LogP contribution in [0.3, 0.4) is 0 Å². The van der Waals surface area contributed by atoms with Crippen molar-refractivity contribution in [2.45, 2.75) is 38.9 Å². The highest BCUT2D eigenvalue weighted by atomic mass is 16.7. The molecule has 1 aliphatic heterocycles. The summed E-state index contributed by atoms with van der Waals surface area (Å²) in [6.45, 7) is 5.68. The SMILES string of the molecule is CC1C2CC=CC(=O)[C@@]2(C)CCC12OCCO2. The van der Waals surface area contributed by atoms with Crippen molar-refractivity contribution in [3.05, 3.63) is 12.2 Å². The zero-order chi connectivity index (χ0) is 12.1. The summed E-state index contributed by atoms with van der Waals surface area (Å²) in [4.78, 5) is 12.1. The molecule has 1 saturated carbocycles. The van der Waals surface area contributed by atoms with E-state index in [1.54, 1.807) is 6.08 Å². The molecule has 0 amide bonds. The lowest BCUT2D eigenvalue weighted by Crippen LogP contribution is -2.54. The maximum absolute atomic E-state index is 12.1. The molecule has 0 N–H and O–H groups in total. The van der Waals surface area contributed by atoms with Gasteiger partial charge in [-0.2, -0.15) is 0 Å². The Morgan fingerprint density at radius 2 is 2.00 bits per heavy atom. The van der Waals surface area contributed by atoms with E-state index in [1.165, 1.54) is 0 Å². The number of rotatable bonds is 0. The quantitative estimate of drug-likeness (QED) is 0.647. The maximum Gasteiger partial charge on any atom is 0.171 e. The van der Waals surface area contributed by atoms with Gasteiger partial charge in [0.15, 0.2) is 11.6 Å². The van der Waals surface area contributed by atoms with Crippen LogP contribution in [0.2, 0.25) is 0 Å². The van der Waals surface area contributed by atoms with Gasteiger partial charge >= 0.3 is 0 Å². The third kappa shape index (κ3) is 1.45. The van der Waals surface area contributed by atoms with E-state index in [0.717, 1.165) is 19.3 Å². The number of fused-ring (bicyclic) bond motifs is 1. The summed E-state index contributed by atoms with van der Waals surface area (Å²) in [5.74, 6) is 0.522. The average Bonchev–Trinajstić information content (AvgIpc) is 2.78.